The van der Waals surface area contributed by atoms with Crippen molar-refractivity contribution in [2.24, 2.45) is 5.10 Å². The molecule has 2 heterocycles. The van der Waals surface area contributed by atoms with Crippen LogP contribution in [0.3, 0.4) is 0 Å². The Bertz CT molecular complexity index is 867. The summed E-state index contributed by atoms with van der Waals surface area (Å²) in [5.41, 5.74) is 3.60. The Morgan fingerprint density at radius 1 is 1.26 bits per heavy atom. The standard InChI is InChI=1S/C19H24N4O3S/c1-6-7-8-22-16-12(3)9-11(2)10-15(16)19(17(22)26)23(14(5)25)21-18(27-19)20-13(4)24/h9-10H,6-8H2,1-5H3,(H,20,21,24)/t19-/m0/s1. The molecule has 0 fully saturated rings. The Morgan fingerprint density at radius 2 is 1.96 bits per heavy atom. The van der Waals surface area contributed by atoms with Gasteiger partial charge in [0.25, 0.3) is 5.91 Å². The summed E-state index contributed by atoms with van der Waals surface area (Å²) in [6.45, 7) is 9.35. The van der Waals surface area contributed by atoms with Crippen molar-refractivity contribution < 1.29 is 14.4 Å². The van der Waals surface area contributed by atoms with Gasteiger partial charge in [0.15, 0.2) is 5.17 Å². The van der Waals surface area contributed by atoms with Gasteiger partial charge in [-0.1, -0.05) is 31.0 Å². The number of hydrogen-bond acceptors (Lipinski definition) is 5. The molecular formula is C19H24N4O3S. The van der Waals surface area contributed by atoms with E-state index in [0.29, 0.717) is 6.54 Å². The maximum absolute atomic E-state index is 13.6. The van der Waals surface area contributed by atoms with Crippen LogP contribution in [0.5, 0.6) is 0 Å². The number of carbonyl (C=O) groups is 3. The molecule has 144 valence electrons. The van der Waals surface area contributed by atoms with E-state index in [9.17, 15) is 14.4 Å². The number of nitrogens with zero attached hydrogens (tertiary/aromatic N) is 3. The minimum absolute atomic E-state index is 0.191. The Labute approximate surface area is 163 Å². The van der Waals surface area contributed by atoms with Gasteiger partial charge in [0.2, 0.25) is 16.7 Å². The first-order valence-electron chi connectivity index (χ1n) is 9.02. The van der Waals surface area contributed by atoms with E-state index in [4.69, 9.17) is 0 Å². The van der Waals surface area contributed by atoms with Gasteiger partial charge >= 0.3 is 0 Å². The van der Waals surface area contributed by atoms with E-state index in [1.54, 1.807) is 4.90 Å². The van der Waals surface area contributed by atoms with Crippen molar-refractivity contribution in [1.29, 1.82) is 0 Å². The zero-order chi connectivity index (χ0) is 19.9. The van der Waals surface area contributed by atoms with Crippen LogP contribution in [0.25, 0.3) is 0 Å². The molecule has 1 N–H and O–H groups in total. The third-order valence-electron chi connectivity index (χ3n) is 4.66. The molecule has 0 radical (unpaired) electrons. The first kappa shape index (κ1) is 19.4. The van der Waals surface area contributed by atoms with E-state index in [2.05, 4.69) is 17.3 Å². The van der Waals surface area contributed by atoms with Crippen molar-refractivity contribution in [2.45, 2.75) is 52.3 Å². The van der Waals surface area contributed by atoms with Gasteiger partial charge in [0.1, 0.15) is 0 Å². The number of amidine groups is 1. The normalized spacial score (nSPS) is 20.9. The molecule has 0 saturated heterocycles. The zero-order valence-electron chi connectivity index (χ0n) is 16.3. The van der Waals surface area contributed by atoms with Crippen LogP contribution in [0.15, 0.2) is 17.2 Å². The third-order valence-corrected chi connectivity index (χ3v) is 5.90. The van der Waals surface area contributed by atoms with Crippen molar-refractivity contribution in [3.63, 3.8) is 0 Å². The molecule has 7 nitrogen and oxygen atoms in total. The number of rotatable bonds is 3. The number of benzene rings is 1. The SMILES string of the molecule is CCCCN1C(=O)[C@@]2(SC(NC(C)=O)=NN2C(C)=O)c2cc(C)cc(C)c21. The smallest absolute Gasteiger partial charge is 0.270 e. The van der Waals surface area contributed by atoms with E-state index in [1.165, 1.54) is 18.9 Å². The molecule has 0 unspecified atom stereocenters. The lowest BCUT2D eigenvalue weighted by Crippen LogP contribution is -2.48. The average Bonchev–Trinajstić information content (AvgIpc) is 3.05. The summed E-state index contributed by atoms with van der Waals surface area (Å²) >= 11 is 1.12. The second-order valence-electron chi connectivity index (χ2n) is 6.95. The molecule has 27 heavy (non-hydrogen) atoms. The number of aryl methyl sites for hydroxylation is 2. The van der Waals surface area contributed by atoms with Gasteiger partial charge in [0.05, 0.1) is 5.69 Å². The van der Waals surface area contributed by atoms with Gasteiger partial charge in [-0.15, -0.1) is 5.10 Å². The molecule has 3 amide bonds. The molecule has 0 bridgehead atoms. The maximum Gasteiger partial charge on any atom is 0.270 e. The summed E-state index contributed by atoms with van der Waals surface area (Å²) < 4.78 is 0. The second kappa shape index (κ2) is 6.99. The lowest BCUT2D eigenvalue weighted by Gasteiger charge is -2.29. The summed E-state index contributed by atoms with van der Waals surface area (Å²) in [7, 11) is 0. The largest absolute Gasteiger partial charge is 0.309 e. The maximum atomic E-state index is 13.6. The van der Waals surface area contributed by atoms with Crippen LogP contribution in [0, 0.1) is 13.8 Å². The molecule has 1 atom stereocenters. The first-order valence-corrected chi connectivity index (χ1v) is 9.83. The van der Waals surface area contributed by atoms with Crippen molar-refractivity contribution in [1.82, 2.24) is 10.3 Å². The van der Waals surface area contributed by atoms with Gasteiger partial charge in [-0.25, -0.2) is 0 Å². The number of hydrogen-bond donors (Lipinski definition) is 1. The Kier molecular flexibility index (Phi) is 5.03. The molecule has 0 aromatic heterocycles. The molecule has 0 aliphatic carbocycles. The fraction of sp³-hybridized carbons (Fsp3) is 0.474. The lowest BCUT2D eigenvalue weighted by atomic mass is 10.0. The van der Waals surface area contributed by atoms with Gasteiger partial charge < -0.3 is 10.2 Å². The summed E-state index contributed by atoms with van der Waals surface area (Å²) in [6, 6.07) is 3.98. The summed E-state index contributed by atoms with van der Waals surface area (Å²) in [6.07, 6.45) is 1.81. The topological polar surface area (TPSA) is 82.1 Å². The Balaban J connectivity index is 2.19. The number of nitrogens with one attached hydrogen (secondary N) is 1. The van der Waals surface area contributed by atoms with Gasteiger partial charge in [-0.05, 0) is 37.6 Å². The number of unbranched alkanes of at least 4 members (excludes halogenated alkanes) is 1. The number of carbonyl (C=O) groups excluding carboxylic acids is 3. The fourth-order valence-electron chi connectivity index (χ4n) is 3.67. The van der Waals surface area contributed by atoms with Crippen LogP contribution >= 0.6 is 11.8 Å². The average molecular weight is 388 g/mol. The highest BCUT2D eigenvalue weighted by Gasteiger charge is 2.61. The number of thioether (sulfide) groups is 1. The van der Waals surface area contributed by atoms with Crippen LogP contribution in [0.4, 0.5) is 5.69 Å². The lowest BCUT2D eigenvalue weighted by molar-refractivity contribution is -0.139. The number of anilines is 1. The molecule has 1 spiro atoms. The minimum atomic E-state index is -1.30. The predicted octanol–water partition coefficient (Wildman–Crippen LogP) is 2.61. The van der Waals surface area contributed by atoms with Crippen molar-refractivity contribution >= 4 is 40.3 Å². The molecule has 1 aromatic carbocycles. The monoisotopic (exact) mass is 388 g/mol. The predicted molar refractivity (Wildman–Crippen MR) is 106 cm³/mol. The van der Waals surface area contributed by atoms with Crippen LogP contribution in [-0.4, -0.2) is 34.4 Å². The zero-order valence-corrected chi connectivity index (χ0v) is 17.1. The molecule has 2 aliphatic heterocycles. The molecular weight excluding hydrogens is 364 g/mol. The molecule has 2 aliphatic rings. The van der Waals surface area contributed by atoms with Gasteiger partial charge in [-0.2, -0.15) is 5.01 Å². The van der Waals surface area contributed by atoms with Crippen LogP contribution in [0.1, 0.15) is 50.3 Å². The number of hydrazone groups is 1. The Hall–Kier alpha value is -2.35. The summed E-state index contributed by atoms with van der Waals surface area (Å²) in [5.74, 6) is -0.835. The van der Waals surface area contributed by atoms with Crippen LogP contribution < -0.4 is 10.2 Å². The first-order chi connectivity index (χ1) is 12.7. The molecule has 8 heteroatoms. The van der Waals surface area contributed by atoms with Gasteiger partial charge in [0, 0.05) is 26.0 Å². The molecule has 0 saturated carbocycles. The highest BCUT2D eigenvalue weighted by Crippen LogP contribution is 2.55. The highest BCUT2D eigenvalue weighted by atomic mass is 32.2. The van der Waals surface area contributed by atoms with Gasteiger partial charge in [-0.3, -0.25) is 14.4 Å². The van der Waals surface area contributed by atoms with Crippen molar-refractivity contribution in [2.75, 3.05) is 11.4 Å². The summed E-state index contributed by atoms with van der Waals surface area (Å²) in [4.78, 5) is 38.0. The van der Waals surface area contributed by atoms with Crippen LogP contribution in [0.2, 0.25) is 0 Å². The Morgan fingerprint density at radius 3 is 2.56 bits per heavy atom. The van der Waals surface area contributed by atoms with E-state index in [1.807, 2.05) is 26.0 Å². The van der Waals surface area contributed by atoms with Crippen LogP contribution in [-0.2, 0) is 19.3 Å². The van der Waals surface area contributed by atoms with E-state index in [0.717, 1.165) is 47.0 Å². The van der Waals surface area contributed by atoms with Crippen molar-refractivity contribution in [3.05, 3.63) is 28.8 Å². The minimum Gasteiger partial charge on any atom is -0.309 e. The quantitative estimate of drug-likeness (QED) is 0.863. The molecule has 1 aromatic rings. The van der Waals surface area contributed by atoms with E-state index >= 15 is 0 Å². The number of fused-ring (bicyclic) bond motifs is 2. The second-order valence-corrected chi connectivity index (χ2v) is 8.13. The third kappa shape index (κ3) is 3.01. The van der Waals surface area contributed by atoms with Crippen molar-refractivity contribution in [3.8, 4) is 0 Å². The molecule has 3 rings (SSSR count). The number of amides is 3. The van der Waals surface area contributed by atoms with E-state index < -0.39 is 4.87 Å². The highest BCUT2D eigenvalue weighted by molar-refractivity contribution is 8.15. The fourth-order valence-corrected chi connectivity index (χ4v) is 4.98. The van der Waals surface area contributed by atoms with E-state index in [-0.39, 0.29) is 22.9 Å². The summed E-state index contributed by atoms with van der Waals surface area (Å²) in [5, 5.41) is 8.37.